The van der Waals surface area contributed by atoms with Gasteiger partial charge < -0.3 is 4.52 Å². The number of nitrogens with zero attached hydrogens (tertiary/aromatic N) is 5. The zero-order chi connectivity index (χ0) is 23.6. The molecule has 0 aliphatic heterocycles. The van der Waals surface area contributed by atoms with Crippen LogP contribution in [0.2, 0.25) is 0 Å². The average Bonchev–Trinajstić information content (AvgIpc) is 3.20. The van der Waals surface area contributed by atoms with Crippen LogP contribution in [0.4, 0.5) is 0 Å². The standard InChI is InChI=1S/C24H35N5O2S/c1-15(2)28(16(3)4)13-14-29-21(30)18-11-9-10-12-19(18)25-23(29)32-17(5)20-26-22(27-31-20)24(6,7)8/h9-12,15-17H,13-14H2,1-8H3. The van der Waals surface area contributed by atoms with Gasteiger partial charge in [0.1, 0.15) is 0 Å². The van der Waals surface area contributed by atoms with Crippen molar-refractivity contribution < 1.29 is 4.52 Å². The molecule has 7 nitrogen and oxygen atoms in total. The molecule has 0 amide bonds. The number of para-hydroxylation sites is 1. The van der Waals surface area contributed by atoms with E-state index in [1.54, 1.807) is 4.57 Å². The molecule has 2 aromatic heterocycles. The minimum Gasteiger partial charge on any atom is -0.338 e. The summed E-state index contributed by atoms with van der Waals surface area (Å²) in [6.07, 6.45) is 0. The van der Waals surface area contributed by atoms with E-state index in [9.17, 15) is 4.79 Å². The molecular weight excluding hydrogens is 422 g/mol. The highest BCUT2D eigenvalue weighted by atomic mass is 32.2. The predicted octanol–water partition coefficient (Wildman–Crippen LogP) is 5.05. The molecule has 1 aromatic carbocycles. The minimum atomic E-state index is -0.188. The Morgan fingerprint density at radius 1 is 1.06 bits per heavy atom. The number of benzene rings is 1. The highest BCUT2D eigenvalue weighted by molar-refractivity contribution is 7.99. The lowest BCUT2D eigenvalue weighted by Crippen LogP contribution is -2.40. The summed E-state index contributed by atoms with van der Waals surface area (Å²) in [7, 11) is 0. The van der Waals surface area contributed by atoms with Gasteiger partial charge in [-0.1, -0.05) is 49.8 Å². The Morgan fingerprint density at radius 3 is 2.31 bits per heavy atom. The molecule has 0 saturated heterocycles. The molecule has 0 bridgehead atoms. The van der Waals surface area contributed by atoms with Gasteiger partial charge in [0, 0.05) is 30.6 Å². The highest BCUT2D eigenvalue weighted by Gasteiger charge is 2.25. The summed E-state index contributed by atoms with van der Waals surface area (Å²) in [6.45, 7) is 18.2. The lowest BCUT2D eigenvalue weighted by atomic mass is 9.96. The first-order valence-corrected chi connectivity index (χ1v) is 12.1. The van der Waals surface area contributed by atoms with Crippen molar-refractivity contribution in [2.24, 2.45) is 0 Å². The SMILES string of the molecule is CC(Sc1nc2ccccc2c(=O)n1CCN(C(C)C)C(C)C)c1nc(C(C)(C)C)no1. The summed E-state index contributed by atoms with van der Waals surface area (Å²) < 4.78 is 7.33. The quantitative estimate of drug-likeness (QED) is 0.346. The molecule has 1 unspecified atom stereocenters. The molecular formula is C24H35N5O2S. The lowest BCUT2D eigenvalue weighted by molar-refractivity contribution is 0.166. The Kier molecular flexibility index (Phi) is 7.45. The van der Waals surface area contributed by atoms with Crippen LogP contribution in [0, 0.1) is 0 Å². The Bertz CT molecular complexity index is 1110. The van der Waals surface area contributed by atoms with Crippen molar-refractivity contribution in [1.82, 2.24) is 24.6 Å². The topological polar surface area (TPSA) is 77.1 Å². The molecule has 2 heterocycles. The van der Waals surface area contributed by atoms with Gasteiger partial charge in [0.25, 0.3) is 5.56 Å². The first kappa shape index (κ1) is 24.5. The van der Waals surface area contributed by atoms with E-state index >= 15 is 0 Å². The van der Waals surface area contributed by atoms with Crippen LogP contribution in [-0.4, -0.2) is 43.2 Å². The number of aromatic nitrogens is 4. The fourth-order valence-corrected chi connectivity index (χ4v) is 4.64. The van der Waals surface area contributed by atoms with Crippen LogP contribution in [0.15, 0.2) is 38.7 Å². The number of thioether (sulfide) groups is 1. The molecule has 0 saturated carbocycles. The Hall–Kier alpha value is -2.19. The number of fused-ring (bicyclic) bond motifs is 1. The molecule has 174 valence electrons. The second-order valence-electron chi connectivity index (χ2n) is 9.76. The van der Waals surface area contributed by atoms with Crippen LogP contribution in [0.5, 0.6) is 0 Å². The Morgan fingerprint density at radius 2 is 1.72 bits per heavy atom. The molecule has 3 rings (SSSR count). The molecule has 32 heavy (non-hydrogen) atoms. The van der Waals surface area contributed by atoms with Crippen LogP contribution >= 0.6 is 11.8 Å². The molecule has 0 N–H and O–H groups in total. The van der Waals surface area contributed by atoms with E-state index in [1.165, 1.54) is 11.8 Å². The van der Waals surface area contributed by atoms with Gasteiger partial charge in [-0.2, -0.15) is 4.98 Å². The van der Waals surface area contributed by atoms with E-state index in [0.717, 1.165) is 6.54 Å². The summed E-state index contributed by atoms with van der Waals surface area (Å²) in [5.74, 6) is 1.22. The summed E-state index contributed by atoms with van der Waals surface area (Å²) in [5, 5.41) is 5.32. The van der Waals surface area contributed by atoms with Crippen LogP contribution in [0.1, 0.15) is 72.4 Å². The normalized spacial score (nSPS) is 13.6. The van der Waals surface area contributed by atoms with Gasteiger partial charge in [0.15, 0.2) is 11.0 Å². The van der Waals surface area contributed by atoms with Gasteiger partial charge in [0.05, 0.1) is 16.2 Å². The van der Waals surface area contributed by atoms with E-state index in [1.807, 2.05) is 31.2 Å². The maximum Gasteiger partial charge on any atom is 0.262 e. The number of rotatable bonds is 8. The molecule has 1 atom stereocenters. The minimum absolute atomic E-state index is 0.0151. The summed E-state index contributed by atoms with van der Waals surface area (Å²) >= 11 is 1.48. The van der Waals surface area contributed by atoms with Crippen molar-refractivity contribution in [3.63, 3.8) is 0 Å². The van der Waals surface area contributed by atoms with E-state index in [2.05, 4.69) is 63.5 Å². The molecule has 0 spiro atoms. The first-order chi connectivity index (χ1) is 15.0. The predicted molar refractivity (Wildman–Crippen MR) is 130 cm³/mol. The van der Waals surface area contributed by atoms with E-state index in [-0.39, 0.29) is 16.2 Å². The van der Waals surface area contributed by atoms with Crippen molar-refractivity contribution in [1.29, 1.82) is 0 Å². The summed E-state index contributed by atoms with van der Waals surface area (Å²) in [4.78, 5) is 25.2. The van der Waals surface area contributed by atoms with E-state index in [0.29, 0.717) is 46.4 Å². The smallest absolute Gasteiger partial charge is 0.262 e. The number of hydrogen-bond acceptors (Lipinski definition) is 7. The van der Waals surface area contributed by atoms with Crippen molar-refractivity contribution in [2.45, 2.75) is 89.8 Å². The van der Waals surface area contributed by atoms with Crippen molar-refractivity contribution in [3.05, 3.63) is 46.3 Å². The maximum atomic E-state index is 13.4. The fraction of sp³-hybridized carbons (Fsp3) is 0.583. The third-order valence-corrected chi connectivity index (χ3v) is 6.56. The van der Waals surface area contributed by atoms with Gasteiger partial charge in [-0.3, -0.25) is 14.3 Å². The van der Waals surface area contributed by atoms with Crippen LogP contribution < -0.4 is 5.56 Å². The summed E-state index contributed by atoms with van der Waals surface area (Å²) in [6, 6.07) is 8.30. The Balaban J connectivity index is 1.96. The molecule has 0 aliphatic carbocycles. The van der Waals surface area contributed by atoms with Crippen LogP contribution in [0.3, 0.4) is 0 Å². The molecule has 8 heteroatoms. The second-order valence-corrected chi connectivity index (χ2v) is 11.1. The van der Waals surface area contributed by atoms with Gasteiger partial charge >= 0.3 is 0 Å². The van der Waals surface area contributed by atoms with Gasteiger partial charge in [-0.15, -0.1) is 0 Å². The maximum absolute atomic E-state index is 13.4. The van der Waals surface area contributed by atoms with E-state index in [4.69, 9.17) is 9.51 Å². The molecule has 0 fully saturated rings. The second kappa shape index (κ2) is 9.75. The van der Waals surface area contributed by atoms with Crippen LogP contribution in [0.25, 0.3) is 10.9 Å². The van der Waals surface area contributed by atoms with Gasteiger partial charge in [0.2, 0.25) is 5.89 Å². The average molecular weight is 458 g/mol. The van der Waals surface area contributed by atoms with Crippen molar-refractivity contribution >= 4 is 22.7 Å². The zero-order valence-corrected chi connectivity index (χ0v) is 21.2. The van der Waals surface area contributed by atoms with Gasteiger partial charge in [-0.05, 0) is 46.8 Å². The monoisotopic (exact) mass is 457 g/mol. The molecule has 0 aliphatic rings. The van der Waals surface area contributed by atoms with Gasteiger partial charge in [-0.25, -0.2) is 4.98 Å². The van der Waals surface area contributed by atoms with Crippen molar-refractivity contribution in [2.75, 3.05) is 6.54 Å². The third-order valence-electron chi connectivity index (χ3n) is 5.48. The number of hydrogen-bond donors (Lipinski definition) is 0. The fourth-order valence-electron chi connectivity index (χ4n) is 3.68. The zero-order valence-electron chi connectivity index (χ0n) is 20.4. The molecule has 3 aromatic rings. The first-order valence-electron chi connectivity index (χ1n) is 11.2. The van der Waals surface area contributed by atoms with Crippen LogP contribution in [-0.2, 0) is 12.0 Å². The lowest BCUT2D eigenvalue weighted by Gasteiger charge is -2.31. The summed E-state index contributed by atoms with van der Waals surface area (Å²) in [5.41, 5.74) is 0.500. The third kappa shape index (κ3) is 5.41. The molecule has 0 radical (unpaired) electrons. The Labute approximate surface area is 194 Å². The van der Waals surface area contributed by atoms with Crippen molar-refractivity contribution in [3.8, 4) is 0 Å². The highest BCUT2D eigenvalue weighted by Crippen LogP contribution is 2.34. The van der Waals surface area contributed by atoms with E-state index < -0.39 is 0 Å². The largest absolute Gasteiger partial charge is 0.338 e.